The van der Waals surface area contributed by atoms with Crippen LogP contribution in [0.4, 0.5) is 0 Å². The molecule has 0 aliphatic rings. The number of esters is 1. The van der Waals surface area contributed by atoms with Gasteiger partial charge in [0.05, 0.1) is 0 Å². The third-order valence-corrected chi connectivity index (χ3v) is 2.30. The average molecular weight is 218 g/mol. The van der Waals surface area contributed by atoms with E-state index in [1.165, 1.54) is 12.5 Å². The van der Waals surface area contributed by atoms with Crippen molar-refractivity contribution in [1.29, 1.82) is 0 Å². The summed E-state index contributed by atoms with van der Waals surface area (Å²) in [6, 6.07) is 5.82. The van der Waals surface area contributed by atoms with Crippen molar-refractivity contribution in [3.8, 4) is 5.75 Å². The normalized spacial score (nSPS) is 9.88. The van der Waals surface area contributed by atoms with E-state index >= 15 is 0 Å². The van der Waals surface area contributed by atoms with Crippen LogP contribution in [0, 0.1) is 0 Å². The van der Waals surface area contributed by atoms with E-state index in [0.29, 0.717) is 5.75 Å². The highest BCUT2D eigenvalue weighted by Crippen LogP contribution is 2.20. The Kier molecular flexibility index (Phi) is 4.77. The summed E-state index contributed by atoms with van der Waals surface area (Å²) in [6.07, 6.45) is 5.07. The molecule has 0 aromatic heterocycles. The van der Waals surface area contributed by atoms with Gasteiger partial charge in [-0.25, -0.2) is 0 Å². The van der Waals surface area contributed by atoms with Crippen molar-refractivity contribution in [1.82, 2.24) is 0 Å². The molecule has 0 bridgehead atoms. The molecule has 0 unspecified atom stereocenters. The lowest BCUT2D eigenvalue weighted by molar-refractivity contribution is -0.131. The third kappa shape index (κ3) is 3.89. The Morgan fingerprint density at radius 3 is 2.75 bits per heavy atom. The molecule has 86 valence electrons. The van der Waals surface area contributed by atoms with Crippen LogP contribution in [-0.2, 0) is 11.2 Å². The van der Waals surface area contributed by atoms with Gasteiger partial charge in [0, 0.05) is 6.92 Å². The molecule has 0 radical (unpaired) electrons. The van der Waals surface area contributed by atoms with E-state index < -0.39 is 0 Å². The summed E-state index contributed by atoms with van der Waals surface area (Å²) in [6.45, 7) is 7.30. The Morgan fingerprint density at radius 1 is 1.44 bits per heavy atom. The average Bonchev–Trinajstić information content (AvgIpc) is 2.25. The van der Waals surface area contributed by atoms with Gasteiger partial charge in [0.15, 0.2) is 0 Å². The molecule has 0 saturated heterocycles. The maximum atomic E-state index is 10.9. The zero-order valence-corrected chi connectivity index (χ0v) is 9.95. The second kappa shape index (κ2) is 6.11. The molecule has 0 fully saturated rings. The van der Waals surface area contributed by atoms with Crippen LogP contribution in [-0.4, -0.2) is 5.97 Å². The van der Waals surface area contributed by atoms with Gasteiger partial charge in [-0.2, -0.15) is 0 Å². The summed E-state index contributed by atoms with van der Waals surface area (Å²) in [5, 5.41) is 0. The molecule has 0 atom stereocenters. The molecular formula is C14H18O2. The number of aryl methyl sites for hydroxylation is 1. The summed E-state index contributed by atoms with van der Waals surface area (Å²) < 4.78 is 5.09. The maximum Gasteiger partial charge on any atom is 0.308 e. The topological polar surface area (TPSA) is 26.3 Å². The van der Waals surface area contributed by atoms with Crippen molar-refractivity contribution >= 4 is 12.0 Å². The molecular weight excluding hydrogens is 200 g/mol. The van der Waals surface area contributed by atoms with Crippen LogP contribution < -0.4 is 4.74 Å². The highest BCUT2D eigenvalue weighted by Gasteiger charge is 2.02. The minimum absolute atomic E-state index is 0.289. The zero-order chi connectivity index (χ0) is 12.0. The largest absolute Gasteiger partial charge is 0.427 e. The first-order valence-corrected chi connectivity index (χ1v) is 5.60. The molecule has 0 aliphatic carbocycles. The van der Waals surface area contributed by atoms with Gasteiger partial charge in [0.1, 0.15) is 5.75 Å². The molecule has 2 heteroatoms. The number of unbranched alkanes of at least 4 members (excludes halogenated alkanes) is 1. The van der Waals surface area contributed by atoms with Gasteiger partial charge in [-0.1, -0.05) is 32.1 Å². The smallest absolute Gasteiger partial charge is 0.308 e. The molecule has 0 aliphatic heterocycles. The molecule has 0 heterocycles. The Hall–Kier alpha value is -1.57. The quantitative estimate of drug-likeness (QED) is 0.557. The monoisotopic (exact) mass is 218 g/mol. The minimum Gasteiger partial charge on any atom is -0.427 e. The van der Waals surface area contributed by atoms with Crippen LogP contribution in [0.25, 0.3) is 6.08 Å². The van der Waals surface area contributed by atoms with Crippen molar-refractivity contribution < 1.29 is 9.53 Å². The minimum atomic E-state index is -0.289. The predicted molar refractivity (Wildman–Crippen MR) is 66.5 cm³/mol. The van der Waals surface area contributed by atoms with Gasteiger partial charge in [0.2, 0.25) is 0 Å². The lowest BCUT2D eigenvalue weighted by Crippen LogP contribution is -2.02. The fraction of sp³-hybridized carbons (Fsp3) is 0.357. The number of carbonyl (C=O) groups is 1. The van der Waals surface area contributed by atoms with E-state index in [4.69, 9.17) is 4.74 Å². The van der Waals surface area contributed by atoms with Crippen LogP contribution in [0.15, 0.2) is 24.8 Å². The Morgan fingerprint density at radius 2 is 2.19 bits per heavy atom. The summed E-state index contributed by atoms with van der Waals surface area (Å²) in [4.78, 5) is 10.9. The van der Waals surface area contributed by atoms with Gasteiger partial charge in [-0.3, -0.25) is 4.79 Å². The molecule has 1 aromatic carbocycles. The van der Waals surface area contributed by atoms with Crippen LogP contribution in [0.2, 0.25) is 0 Å². The molecule has 1 rings (SSSR count). The number of hydrogen-bond acceptors (Lipinski definition) is 2. The Bertz CT molecular complexity index is 380. The second-order valence-corrected chi connectivity index (χ2v) is 3.81. The van der Waals surface area contributed by atoms with Crippen molar-refractivity contribution in [2.45, 2.75) is 33.1 Å². The number of rotatable bonds is 5. The lowest BCUT2D eigenvalue weighted by Gasteiger charge is -2.07. The molecule has 16 heavy (non-hydrogen) atoms. The van der Waals surface area contributed by atoms with E-state index in [1.807, 2.05) is 12.1 Å². The molecule has 0 saturated carbocycles. The Labute approximate surface area is 96.9 Å². The maximum absolute atomic E-state index is 10.9. The fourth-order valence-electron chi connectivity index (χ4n) is 1.55. The van der Waals surface area contributed by atoms with Crippen LogP contribution in [0.1, 0.15) is 37.8 Å². The summed E-state index contributed by atoms with van der Waals surface area (Å²) >= 11 is 0. The molecule has 0 spiro atoms. The molecule has 1 aromatic rings. The van der Waals surface area contributed by atoms with Crippen molar-refractivity contribution in [2.75, 3.05) is 0 Å². The first-order valence-electron chi connectivity index (χ1n) is 5.60. The number of hydrogen-bond donors (Lipinski definition) is 0. The number of carbonyl (C=O) groups excluding carboxylic acids is 1. The number of benzene rings is 1. The van der Waals surface area contributed by atoms with Crippen LogP contribution >= 0.6 is 0 Å². The van der Waals surface area contributed by atoms with E-state index in [9.17, 15) is 4.79 Å². The van der Waals surface area contributed by atoms with Crippen molar-refractivity contribution in [3.63, 3.8) is 0 Å². The second-order valence-electron chi connectivity index (χ2n) is 3.81. The molecule has 0 N–H and O–H groups in total. The highest BCUT2D eigenvalue weighted by molar-refractivity contribution is 5.69. The van der Waals surface area contributed by atoms with E-state index in [-0.39, 0.29) is 5.97 Å². The van der Waals surface area contributed by atoms with Gasteiger partial charge in [-0.05, 0) is 36.1 Å². The van der Waals surface area contributed by atoms with Crippen molar-refractivity contribution in [2.24, 2.45) is 0 Å². The van der Waals surface area contributed by atoms with E-state index in [2.05, 4.69) is 19.6 Å². The van der Waals surface area contributed by atoms with Gasteiger partial charge >= 0.3 is 5.97 Å². The fourth-order valence-corrected chi connectivity index (χ4v) is 1.55. The van der Waals surface area contributed by atoms with Gasteiger partial charge in [-0.15, -0.1) is 0 Å². The van der Waals surface area contributed by atoms with Crippen LogP contribution in [0.5, 0.6) is 5.75 Å². The first-order chi connectivity index (χ1) is 7.65. The standard InChI is InChI=1S/C14H18O2/c1-4-6-7-13-8-12(5-2)9-14(10-13)16-11(3)15/h5,8-10H,2,4,6-7H2,1,3H3. The van der Waals surface area contributed by atoms with E-state index in [0.717, 1.165) is 24.8 Å². The van der Waals surface area contributed by atoms with Gasteiger partial charge < -0.3 is 4.74 Å². The molecule has 0 amide bonds. The molecule has 2 nitrogen and oxygen atoms in total. The van der Waals surface area contributed by atoms with Gasteiger partial charge in [0.25, 0.3) is 0 Å². The predicted octanol–water partition coefficient (Wildman–Crippen LogP) is 3.60. The Balaban J connectivity index is 2.91. The van der Waals surface area contributed by atoms with Crippen molar-refractivity contribution in [3.05, 3.63) is 35.9 Å². The van der Waals surface area contributed by atoms with E-state index in [1.54, 1.807) is 6.08 Å². The lowest BCUT2D eigenvalue weighted by atomic mass is 10.0. The van der Waals surface area contributed by atoms with Crippen LogP contribution in [0.3, 0.4) is 0 Å². The number of ether oxygens (including phenoxy) is 1. The SMILES string of the molecule is C=Cc1cc(CCCC)cc(OC(C)=O)c1. The summed E-state index contributed by atoms with van der Waals surface area (Å²) in [5.41, 5.74) is 2.18. The summed E-state index contributed by atoms with van der Waals surface area (Å²) in [7, 11) is 0. The zero-order valence-electron chi connectivity index (χ0n) is 9.95. The third-order valence-electron chi connectivity index (χ3n) is 2.30. The summed E-state index contributed by atoms with van der Waals surface area (Å²) in [5.74, 6) is 0.318. The highest BCUT2D eigenvalue weighted by atomic mass is 16.5. The first kappa shape index (κ1) is 12.5.